The number of carbonyl (C=O) groups excluding carboxylic acids is 1. The second-order valence-corrected chi connectivity index (χ2v) is 6.61. The molecule has 3 heterocycles. The summed E-state index contributed by atoms with van der Waals surface area (Å²) in [6.45, 7) is 4.47. The van der Waals surface area contributed by atoms with Gasteiger partial charge >= 0.3 is 0 Å². The first-order chi connectivity index (χ1) is 12.6. The zero-order valence-electron chi connectivity index (χ0n) is 14.9. The van der Waals surface area contributed by atoms with E-state index in [2.05, 4.69) is 64.3 Å². The van der Waals surface area contributed by atoms with Gasteiger partial charge in [-0.1, -0.05) is 12.1 Å². The van der Waals surface area contributed by atoms with Crippen LogP contribution in [0.2, 0.25) is 0 Å². The van der Waals surface area contributed by atoms with E-state index in [1.54, 1.807) is 0 Å². The van der Waals surface area contributed by atoms with Gasteiger partial charge < -0.3 is 15.0 Å². The van der Waals surface area contributed by atoms with Crippen LogP contribution < -0.4 is 10.6 Å². The van der Waals surface area contributed by atoms with Crippen molar-refractivity contribution in [1.29, 1.82) is 0 Å². The van der Waals surface area contributed by atoms with E-state index in [1.165, 1.54) is 16.8 Å². The van der Waals surface area contributed by atoms with Crippen molar-refractivity contribution in [3.8, 4) is 0 Å². The summed E-state index contributed by atoms with van der Waals surface area (Å²) >= 11 is 0. The summed E-state index contributed by atoms with van der Waals surface area (Å²) in [7, 11) is 0. The van der Waals surface area contributed by atoms with Gasteiger partial charge in [0.2, 0.25) is 5.96 Å². The van der Waals surface area contributed by atoms with Crippen molar-refractivity contribution in [2.24, 2.45) is 4.99 Å². The van der Waals surface area contributed by atoms with Crippen LogP contribution in [0.15, 0.2) is 47.6 Å². The summed E-state index contributed by atoms with van der Waals surface area (Å²) in [5.41, 5.74) is 6.74. The lowest BCUT2D eigenvalue weighted by Gasteiger charge is -2.07. The zero-order chi connectivity index (χ0) is 18.1. The largest absolute Gasteiger partial charge is 0.347 e. The van der Waals surface area contributed by atoms with Gasteiger partial charge in [-0.3, -0.25) is 4.79 Å². The lowest BCUT2D eigenvalue weighted by atomic mass is 10.1. The lowest BCUT2D eigenvalue weighted by Crippen LogP contribution is -2.26. The fourth-order valence-corrected chi connectivity index (χ4v) is 3.14. The Morgan fingerprint density at radius 1 is 1.15 bits per heavy atom. The fourth-order valence-electron chi connectivity index (χ4n) is 3.14. The molecule has 0 saturated carbocycles. The van der Waals surface area contributed by atoms with Crippen molar-refractivity contribution >= 4 is 23.2 Å². The maximum Gasteiger partial charge on any atom is 0.268 e. The molecule has 1 aromatic carbocycles. The predicted molar refractivity (Wildman–Crippen MR) is 103 cm³/mol. The highest BCUT2D eigenvalue weighted by atomic mass is 16.1. The van der Waals surface area contributed by atoms with Gasteiger partial charge in [0.1, 0.15) is 5.65 Å². The Labute approximate surface area is 152 Å². The third-order valence-electron chi connectivity index (χ3n) is 4.63. The number of benzene rings is 1. The van der Waals surface area contributed by atoms with E-state index >= 15 is 0 Å². The second-order valence-electron chi connectivity index (χ2n) is 6.61. The first kappa shape index (κ1) is 16.3. The molecule has 2 aromatic heterocycles. The fraction of sp³-hybridized carbons (Fsp3) is 0.250. The van der Waals surface area contributed by atoms with Crippen molar-refractivity contribution in [3.05, 3.63) is 65.1 Å². The van der Waals surface area contributed by atoms with Crippen molar-refractivity contribution in [3.63, 3.8) is 0 Å². The molecule has 2 N–H and O–H groups in total. The van der Waals surface area contributed by atoms with Crippen LogP contribution >= 0.6 is 0 Å². The van der Waals surface area contributed by atoms with Gasteiger partial charge in [-0.2, -0.15) is 4.99 Å². The maximum absolute atomic E-state index is 11.1. The summed E-state index contributed by atoms with van der Waals surface area (Å²) in [4.78, 5) is 19.8. The third kappa shape index (κ3) is 3.31. The minimum atomic E-state index is -0.151. The van der Waals surface area contributed by atoms with Gasteiger partial charge in [0.15, 0.2) is 0 Å². The SMILES string of the molecule is Cc1ccn2c(C)c(CCc3ccc(NC4=NC(=O)CN4)cc3)nc2c1. The molecule has 0 saturated heterocycles. The highest BCUT2D eigenvalue weighted by Crippen LogP contribution is 2.17. The molecule has 0 radical (unpaired) electrons. The van der Waals surface area contributed by atoms with Gasteiger partial charge in [-0.05, 0) is 62.1 Å². The Balaban J connectivity index is 1.42. The van der Waals surface area contributed by atoms with E-state index in [0.717, 1.165) is 29.9 Å². The topological polar surface area (TPSA) is 70.8 Å². The highest BCUT2D eigenvalue weighted by Gasteiger charge is 2.12. The molecule has 6 nitrogen and oxygen atoms in total. The first-order valence-corrected chi connectivity index (χ1v) is 8.74. The molecule has 0 unspecified atom stereocenters. The standard InChI is InChI=1S/C20H21N5O/c1-13-9-10-25-14(2)17(23-18(25)11-13)8-5-15-3-6-16(7-4-15)22-20-21-12-19(26)24-20/h3-4,6-7,9-11H,5,8,12H2,1-2H3,(H2,21,22,24,26). The molecule has 4 rings (SSSR count). The average molecular weight is 347 g/mol. The summed E-state index contributed by atoms with van der Waals surface area (Å²) in [5, 5.41) is 6.02. The zero-order valence-corrected chi connectivity index (χ0v) is 14.9. The number of hydrogen-bond acceptors (Lipinski definition) is 4. The number of fused-ring (bicyclic) bond motifs is 1. The van der Waals surface area contributed by atoms with Crippen molar-refractivity contribution in [2.45, 2.75) is 26.7 Å². The summed E-state index contributed by atoms with van der Waals surface area (Å²) < 4.78 is 2.14. The van der Waals surface area contributed by atoms with Crippen LogP contribution in [0.25, 0.3) is 5.65 Å². The summed E-state index contributed by atoms with van der Waals surface area (Å²) in [5.74, 6) is 0.362. The number of amides is 1. The number of imidazole rings is 1. The molecular formula is C20H21N5O. The smallest absolute Gasteiger partial charge is 0.268 e. The highest BCUT2D eigenvalue weighted by molar-refractivity contribution is 6.06. The number of anilines is 1. The van der Waals surface area contributed by atoms with Crippen molar-refractivity contribution < 1.29 is 4.79 Å². The van der Waals surface area contributed by atoms with Crippen LogP contribution in [-0.2, 0) is 17.6 Å². The number of aryl methyl sites for hydroxylation is 4. The predicted octanol–water partition coefficient (Wildman–Crippen LogP) is 2.63. The van der Waals surface area contributed by atoms with Crippen molar-refractivity contribution in [1.82, 2.24) is 14.7 Å². The molecule has 3 aromatic rings. The number of carbonyl (C=O) groups is 1. The molecule has 1 aliphatic heterocycles. The van der Waals surface area contributed by atoms with Gasteiger partial charge in [0.25, 0.3) is 5.91 Å². The van der Waals surface area contributed by atoms with E-state index in [-0.39, 0.29) is 12.5 Å². The van der Waals surface area contributed by atoms with Crippen LogP contribution in [0, 0.1) is 13.8 Å². The lowest BCUT2D eigenvalue weighted by molar-refractivity contribution is -0.116. The van der Waals surface area contributed by atoms with Crippen LogP contribution in [0.3, 0.4) is 0 Å². The number of rotatable bonds is 4. The van der Waals surface area contributed by atoms with Crippen LogP contribution in [-0.4, -0.2) is 27.8 Å². The van der Waals surface area contributed by atoms with Crippen LogP contribution in [0.1, 0.15) is 22.5 Å². The van der Waals surface area contributed by atoms with Crippen LogP contribution in [0.5, 0.6) is 0 Å². The van der Waals surface area contributed by atoms with Gasteiger partial charge in [0.05, 0.1) is 12.2 Å². The Morgan fingerprint density at radius 3 is 2.69 bits per heavy atom. The van der Waals surface area contributed by atoms with E-state index in [9.17, 15) is 4.79 Å². The molecule has 0 fully saturated rings. The number of nitrogens with one attached hydrogen (secondary N) is 2. The van der Waals surface area contributed by atoms with Crippen LogP contribution in [0.4, 0.5) is 5.69 Å². The van der Waals surface area contributed by atoms with Gasteiger partial charge in [-0.15, -0.1) is 0 Å². The Kier molecular flexibility index (Phi) is 4.16. The number of nitrogens with zero attached hydrogens (tertiary/aromatic N) is 3. The number of aliphatic imine (C=N–C) groups is 1. The third-order valence-corrected chi connectivity index (χ3v) is 4.63. The Hall–Kier alpha value is -3.15. The number of hydrogen-bond donors (Lipinski definition) is 2. The molecule has 1 amide bonds. The van der Waals surface area contributed by atoms with E-state index in [4.69, 9.17) is 4.98 Å². The van der Waals surface area contributed by atoms with E-state index < -0.39 is 0 Å². The minimum absolute atomic E-state index is 0.151. The maximum atomic E-state index is 11.1. The molecule has 1 aliphatic rings. The first-order valence-electron chi connectivity index (χ1n) is 8.74. The molecular weight excluding hydrogens is 326 g/mol. The van der Waals surface area contributed by atoms with Gasteiger partial charge in [0, 0.05) is 17.6 Å². The molecule has 26 heavy (non-hydrogen) atoms. The van der Waals surface area contributed by atoms with Crippen molar-refractivity contribution in [2.75, 3.05) is 11.9 Å². The second kappa shape index (κ2) is 6.63. The molecule has 0 aliphatic carbocycles. The molecule has 6 heteroatoms. The molecule has 132 valence electrons. The Bertz CT molecular complexity index is 1000. The monoisotopic (exact) mass is 347 g/mol. The van der Waals surface area contributed by atoms with E-state index in [1.807, 2.05) is 12.1 Å². The molecule has 0 spiro atoms. The number of pyridine rings is 1. The minimum Gasteiger partial charge on any atom is -0.347 e. The quantitative estimate of drug-likeness (QED) is 0.761. The summed E-state index contributed by atoms with van der Waals surface area (Å²) in [6.07, 6.45) is 3.92. The van der Waals surface area contributed by atoms with E-state index in [0.29, 0.717) is 5.96 Å². The molecule has 0 atom stereocenters. The number of guanidine groups is 1. The Morgan fingerprint density at radius 2 is 1.96 bits per heavy atom. The number of aromatic nitrogens is 2. The average Bonchev–Trinajstić information content (AvgIpc) is 3.17. The van der Waals surface area contributed by atoms with Gasteiger partial charge in [-0.25, -0.2) is 4.98 Å². The summed E-state index contributed by atoms with van der Waals surface area (Å²) in [6, 6.07) is 12.4. The normalized spacial score (nSPS) is 13.8. The molecule has 0 bridgehead atoms.